The number of hydrogen-bond donors (Lipinski definition) is 2. The maximum Gasteiger partial charge on any atom is 0.338 e. The zero-order valence-corrected chi connectivity index (χ0v) is 18.7. The number of aliphatic hydroxyl groups is 2. The van der Waals surface area contributed by atoms with Gasteiger partial charge in [-0.15, -0.1) is 0 Å². The van der Waals surface area contributed by atoms with Crippen LogP contribution in [0.3, 0.4) is 0 Å². The highest BCUT2D eigenvalue weighted by molar-refractivity contribution is 5.85. The number of ether oxygens (including phenoxy) is 2. The van der Waals surface area contributed by atoms with Gasteiger partial charge in [-0.3, -0.25) is 0 Å². The average Bonchev–Trinajstić information content (AvgIpc) is 2.66. The second-order valence-electron chi connectivity index (χ2n) is 9.86. The third-order valence-electron chi connectivity index (χ3n) is 6.89. The molecule has 0 heterocycles. The summed E-state index contributed by atoms with van der Waals surface area (Å²) < 4.78 is 11.1. The second-order valence-corrected chi connectivity index (χ2v) is 9.86. The third-order valence-corrected chi connectivity index (χ3v) is 6.89. The SMILES string of the molecule is CC(C)[C@@H]1CCCC[C@H]1OC(=O)[C@H](O)[C@@H](O)C(=O)O[C@@H]1C[C@H](C)CC[C@H]1C(C)C. The van der Waals surface area contributed by atoms with Crippen LogP contribution >= 0.6 is 0 Å². The minimum atomic E-state index is -1.92. The number of carbonyl (C=O) groups excluding carboxylic acids is 2. The molecule has 0 aliphatic heterocycles. The van der Waals surface area contributed by atoms with E-state index in [-0.39, 0.29) is 24.0 Å². The lowest BCUT2D eigenvalue weighted by atomic mass is 9.75. The topological polar surface area (TPSA) is 93.1 Å². The second kappa shape index (κ2) is 10.8. The molecule has 2 aliphatic carbocycles. The molecule has 0 aromatic heterocycles. The number of esters is 2. The van der Waals surface area contributed by atoms with Crippen molar-refractivity contribution in [1.82, 2.24) is 0 Å². The number of hydrogen-bond acceptors (Lipinski definition) is 6. The Morgan fingerprint density at radius 1 is 0.759 bits per heavy atom. The van der Waals surface area contributed by atoms with Crippen molar-refractivity contribution in [3.63, 3.8) is 0 Å². The minimum Gasteiger partial charge on any atom is -0.460 e. The van der Waals surface area contributed by atoms with Crippen LogP contribution in [0, 0.1) is 29.6 Å². The summed E-state index contributed by atoms with van der Waals surface area (Å²) in [6.07, 6.45) is 2.17. The summed E-state index contributed by atoms with van der Waals surface area (Å²) in [5, 5.41) is 20.5. The normalized spacial score (nSPS) is 32.7. The van der Waals surface area contributed by atoms with E-state index in [4.69, 9.17) is 9.47 Å². The number of rotatable bonds is 7. The summed E-state index contributed by atoms with van der Waals surface area (Å²) >= 11 is 0. The Morgan fingerprint density at radius 3 is 1.79 bits per heavy atom. The lowest BCUT2D eigenvalue weighted by molar-refractivity contribution is -0.185. The monoisotopic (exact) mass is 412 g/mol. The molecule has 0 amide bonds. The van der Waals surface area contributed by atoms with Gasteiger partial charge >= 0.3 is 11.9 Å². The molecular formula is C23H40O6. The van der Waals surface area contributed by atoms with Crippen molar-refractivity contribution >= 4 is 11.9 Å². The molecule has 0 bridgehead atoms. The van der Waals surface area contributed by atoms with E-state index in [2.05, 4.69) is 34.6 Å². The van der Waals surface area contributed by atoms with E-state index in [1.165, 1.54) is 0 Å². The Kier molecular flexibility index (Phi) is 8.95. The molecule has 0 spiro atoms. The van der Waals surface area contributed by atoms with Gasteiger partial charge < -0.3 is 19.7 Å². The standard InChI is InChI=1S/C23H40O6/c1-13(2)16-8-6-7-9-18(16)28-22(26)20(24)21(25)23(27)29-19-12-15(5)10-11-17(19)14(3)4/h13-21,24-25H,6-12H2,1-5H3/t15-,16+,17+,18-,19-,20-,21-/m1/s1. The van der Waals surface area contributed by atoms with Crippen molar-refractivity contribution < 1.29 is 29.3 Å². The first-order valence-corrected chi connectivity index (χ1v) is 11.4. The van der Waals surface area contributed by atoms with Crippen molar-refractivity contribution in [3.05, 3.63) is 0 Å². The highest BCUT2D eigenvalue weighted by atomic mass is 16.6. The summed E-state index contributed by atoms with van der Waals surface area (Å²) in [4.78, 5) is 24.9. The van der Waals surface area contributed by atoms with Gasteiger partial charge in [0, 0.05) is 0 Å². The van der Waals surface area contributed by atoms with E-state index >= 15 is 0 Å². The lowest BCUT2D eigenvalue weighted by Crippen LogP contribution is -2.46. The molecule has 0 unspecified atom stereocenters. The molecule has 0 saturated heterocycles. The summed E-state index contributed by atoms with van der Waals surface area (Å²) in [6.45, 7) is 10.5. The first kappa shape index (κ1) is 24.1. The zero-order valence-electron chi connectivity index (χ0n) is 18.7. The van der Waals surface area contributed by atoms with Gasteiger partial charge in [-0.1, -0.05) is 47.5 Å². The van der Waals surface area contributed by atoms with Gasteiger partial charge in [-0.25, -0.2) is 9.59 Å². The van der Waals surface area contributed by atoms with Crippen LogP contribution in [0.1, 0.15) is 79.6 Å². The fraction of sp³-hybridized carbons (Fsp3) is 0.913. The number of aliphatic hydroxyl groups excluding tert-OH is 2. The zero-order chi connectivity index (χ0) is 21.7. The summed E-state index contributed by atoms with van der Waals surface area (Å²) in [7, 11) is 0. The Morgan fingerprint density at radius 2 is 1.24 bits per heavy atom. The summed E-state index contributed by atoms with van der Waals surface area (Å²) in [5.41, 5.74) is 0. The molecule has 6 heteroatoms. The molecule has 7 atom stereocenters. The maximum atomic E-state index is 12.5. The molecule has 2 aliphatic rings. The van der Waals surface area contributed by atoms with Gasteiger partial charge in [0.25, 0.3) is 0 Å². The highest BCUT2D eigenvalue weighted by Crippen LogP contribution is 2.36. The molecule has 6 nitrogen and oxygen atoms in total. The van der Waals surface area contributed by atoms with Crippen molar-refractivity contribution in [1.29, 1.82) is 0 Å². The molecule has 29 heavy (non-hydrogen) atoms. The Labute approximate surface area is 175 Å². The van der Waals surface area contributed by atoms with Gasteiger partial charge in [0.15, 0.2) is 12.2 Å². The van der Waals surface area contributed by atoms with Gasteiger partial charge in [0.05, 0.1) is 0 Å². The molecule has 2 N–H and O–H groups in total. The van der Waals surface area contributed by atoms with Crippen molar-refractivity contribution in [2.45, 2.75) is 104 Å². The third kappa shape index (κ3) is 6.42. The van der Waals surface area contributed by atoms with Crippen LogP contribution in [0.15, 0.2) is 0 Å². The molecule has 0 aromatic carbocycles. The van der Waals surface area contributed by atoms with Crippen LogP contribution in [-0.4, -0.2) is 46.6 Å². The quantitative estimate of drug-likeness (QED) is 0.622. The maximum absolute atomic E-state index is 12.5. The average molecular weight is 413 g/mol. The fourth-order valence-corrected chi connectivity index (χ4v) is 4.98. The van der Waals surface area contributed by atoms with E-state index in [0.29, 0.717) is 17.8 Å². The van der Waals surface area contributed by atoms with Crippen LogP contribution < -0.4 is 0 Å². The Hall–Kier alpha value is -1.14. The Balaban J connectivity index is 1.94. The van der Waals surface area contributed by atoms with Crippen molar-refractivity contribution in [2.24, 2.45) is 29.6 Å². The van der Waals surface area contributed by atoms with Crippen LogP contribution in [0.4, 0.5) is 0 Å². The highest BCUT2D eigenvalue weighted by Gasteiger charge is 2.40. The van der Waals surface area contributed by atoms with E-state index < -0.39 is 24.1 Å². The van der Waals surface area contributed by atoms with E-state index in [0.717, 1.165) is 44.9 Å². The lowest BCUT2D eigenvalue weighted by Gasteiger charge is -2.37. The molecular weight excluding hydrogens is 372 g/mol. The van der Waals surface area contributed by atoms with E-state index in [1.54, 1.807) is 0 Å². The first-order chi connectivity index (χ1) is 13.6. The summed E-state index contributed by atoms with van der Waals surface area (Å²) in [5.74, 6) is -0.269. The predicted molar refractivity (Wildman–Crippen MR) is 110 cm³/mol. The number of carbonyl (C=O) groups is 2. The minimum absolute atomic E-state index is 0.223. The largest absolute Gasteiger partial charge is 0.460 e. The van der Waals surface area contributed by atoms with Crippen LogP contribution in [0.2, 0.25) is 0 Å². The van der Waals surface area contributed by atoms with E-state index in [9.17, 15) is 19.8 Å². The molecule has 0 radical (unpaired) electrons. The molecule has 168 valence electrons. The van der Waals surface area contributed by atoms with Gasteiger partial charge in [-0.2, -0.15) is 0 Å². The summed E-state index contributed by atoms with van der Waals surface area (Å²) in [6, 6.07) is 0. The fourth-order valence-electron chi connectivity index (χ4n) is 4.98. The molecule has 2 rings (SSSR count). The van der Waals surface area contributed by atoms with E-state index in [1.807, 2.05) is 0 Å². The van der Waals surface area contributed by atoms with Gasteiger partial charge in [0.2, 0.25) is 0 Å². The first-order valence-electron chi connectivity index (χ1n) is 11.4. The van der Waals surface area contributed by atoms with Crippen LogP contribution in [0.25, 0.3) is 0 Å². The van der Waals surface area contributed by atoms with Crippen molar-refractivity contribution in [2.75, 3.05) is 0 Å². The van der Waals surface area contributed by atoms with Gasteiger partial charge in [-0.05, 0) is 61.7 Å². The van der Waals surface area contributed by atoms with Crippen LogP contribution in [-0.2, 0) is 19.1 Å². The molecule has 0 aromatic rings. The molecule has 2 saturated carbocycles. The van der Waals surface area contributed by atoms with Crippen molar-refractivity contribution in [3.8, 4) is 0 Å². The predicted octanol–water partition coefficient (Wildman–Crippen LogP) is 3.47. The smallest absolute Gasteiger partial charge is 0.338 e. The van der Waals surface area contributed by atoms with Crippen LogP contribution in [0.5, 0.6) is 0 Å². The molecule has 2 fully saturated rings. The Bertz CT molecular complexity index is 545. The van der Waals surface area contributed by atoms with Gasteiger partial charge in [0.1, 0.15) is 12.2 Å².